The smallest absolute Gasteiger partial charge is 0.303 e. The largest absolute Gasteiger partial charge is 0.481 e. The number of nitrogens with two attached hydrogens (primary N) is 1. The molecular formula is C26H53NO3. The van der Waals surface area contributed by atoms with Gasteiger partial charge in [-0.2, -0.15) is 0 Å². The van der Waals surface area contributed by atoms with Gasteiger partial charge in [0, 0.05) is 12.8 Å². The molecule has 0 unspecified atom stereocenters. The molecule has 0 spiro atoms. The predicted molar refractivity (Wildman–Crippen MR) is 130 cm³/mol. The molecule has 0 atom stereocenters. The van der Waals surface area contributed by atoms with Crippen molar-refractivity contribution in [2.24, 2.45) is 5.73 Å². The third kappa shape index (κ3) is 34.4. The van der Waals surface area contributed by atoms with Crippen molar-refractivity contribution < 1.29 is 14.7 Å². The standard InChI is InChI=1S/C14H29NO.C12H24O2/c1-2-3-4-5-6-7-8-9-10-11-12-13-14(15)16;1-2-3-4-5-6-7-8-9-10-11-12(13)14/h2-13H2,1H3,(H2,15,16);2-11H2,1H3,(H,13,14). The van der Waals surface area contributed by atoms with Crippen LogP contribution >= 0.6 is 0 Å². The highest BCUT2D eigenvalue weighted by molar-refractivity contribution is 5.73. The number of carbonyl (C=O) groups is 2. The van der Waals surface area contributed by atoms with Gasteiger partial charge >= 0.3 is 5.97 Å². The van der Waals surface area contributed by atoms with Crippen LogP contribution in [0.3, 0.4) is 0 Å². The Bertz CT molecular complexity index is 358. The van der Waals surface area contributed by atoms with Gasteiger partial charge in [-0.3, -0.25) is 9.59 Å². The first-order valence-electron chi connectivity index (χ1n) is 13.0. The van der Waals surface area contributed by atoms with E-state index in [1.165, 1.54) is 109 Å². The maximum absolute atomic E-state index is 10.5. The monoisotopic (exact) mass is 427 g/mol. The second kappa shape index (κ2) is 27.9. The zero-order chi connectivity index (χ0) is 22.7. The van der Waals surface area contributed by atoms with E-state index in [1.807, 2.05) is 0 Å². The van der Waals surface area contributed by atoms with Crippen molar-refractivity contribution in [3.63, 3.8) is 0 Å². The van der Waals surface area contributed by atoms with E-state index in [9.17, 15) is 9.59 Å². The van der Waals surface area contributed by atoms with Crippen molar-refractivity contribution in [2.45, 2.75) is 155 Å². The van der Waals surface area contributed by atoms with E-state index in [4.69, 9.17) is 10.8 Å². The summed E-state index contributed by atoms with van der Waals surface area (Å²) in [5.74, 6) is -0.816. The minimum Gasteiger partial charge on any atom is -0.481 e. The molecule has 0 fully saturated rings. The summed E-state index contributed by atoms with van der Waals surface area (Å²) >= 11 is 0. The van der Waals surface area contributed by atoms with Gasteiger partial charge in [0.05, 0.1) is 0 Å². The van der Waals surface area contributed by atoms with Crippen molar-refractivity contribution in [3.8, 4) is 0 Å². The molecule has 0 aromatic carbocycles. The van der Waals surface area contributed by atoms with Gasteiger partial charge in [-0.15, -0.1) is 0 Å². The van der Waals surface area contributed by atoms with Gasteiger partial charge in [-0.05, 0) is 12.8 Å². The zero-order valence-corrected chi connectivity index (χ0v) is 20.4. The summed E-state index contributed by atoms with van der Waals surface area (Å²) < 4.78 is 0. The molecular weight excluding hydrogens is 374 g/mol. The van der Waals surface area contributed by atoms with E-state index >= 15 is 0 Å². The van der Waals surface area contributed by atoms with E-state index in [0.717, 1.165) is 19.3 Å². The Morgan fingerprint density at radius 1 is 0.500 bits per heavy atom. The summed E-state index contributed by atoms with van der Waals surface area (Å²) in [6, 6.07) is 0. The Balaban J connectivity index is 0. The molecule has 0 radical (unpaired) electrons. The Labute approximate surface area is 187 Å². The third-order valence-electron chi connectivity index (χ3n) is 5.52. The fraction of sp³-hybridized carbons (Fsp3) is 0.923. The third-order valence-corrected chi connectivity index (χ3v) is 5.52. The molecule has 0 heterocycles. The summed E-state index contributed by atoms with van der Waals surface area (Å²) in [5, 5.41) is 8.41. The first-order chi connectivity index (χ1) is 14.5. The molecule has 0 aliphatic heterocycles. The van der Waals surface area contributed by atoms with Crippen LogP contribution in [0.15, 0.2) is 0 Å². The predicted octanol–water partition coefficient (Wildman–Crippen LogP) is 8.16. The summed E-state index contributed by atoms with van der Waals surface area (Å²) in [6.45, 7) is 4.48. The molecule has 0 saturated carbocycles. The first kappa shape index (κ1) is 31.1. The molecule has 0 rings (SSSR count). The van der Waals surface area contributed by atoms with Crippen molar-refractivity contribution >= 4 is 11.9 Å². The molecule has 0 aromatic heterocycles. The lowest BCUT2D eigenvalue weighted by Crippen LogP contribution is -2.09. The van der Waals surface area contributed by atoms with Crippen LogP contribution in [0.2, 0.25) is 0 Å². The Morgan fingerprint density at radius 2 is 0.767 bits per heavy atom. The molecule has 30 heavy (non-hydrogen) atoms. The number of unbranched alkanes of at least 4 members (excludes halogenated alkanes) is 18. The number of amides is 1. The van der Waals surface area contributed by atoms with Gasteiger partial charge in [0.15, 0.2) is 0 Å². The summed E-state index contributed by atoms with van der Waals surface area (Å²) in [4.78, 5) is 20.7. The summed E-state index contributed by atoms with van der Waals surface area (Å²) in [6.07, 6.45) is 26.5. The second-order valence-corrected chi connectivity index (χ2v) is 8.72. The van der Waals surface area contributed by atoms with Crippen LogP contribution in [0.25, 0.3) is 0 Å². The fourth-order valence-electron chi connectivity index (χ4n) is 3.55. The van der Waals surface area contributed by atoms with Crippen molar-refractivity contribution in [1.82, 2.24) is 0 Å². The second-order valence-electron chi connectivity index (χ2n) is 8.72. The van der Waals surface area contributed by atoms with Gasteiger partial charge in [0.1, 0.15) is 0 Å². The average molecular weight is 428 g/mol. The van der Waals surface area contributed by atoms with Gasteiger partial charge < -0.3 is 10.8 Å². The van der Waals surface area contributed by atoms with E-state index in [2.05, 4.69) is 13.8 Å². The minimum atomic E-state index is -0.659. The van der Waals surface area contributed by atoms with E-state index in [0.29, 0.717) is 12.8 Å². The fourth-order valence-corrected chi connectivity index (χ4v) is 3.55. The lowest BCUT2D eigenvalue weighted by molar-refractivity contribution is -0.137. The normalized spacial score (nSPS) is 10.5. The molecule has 4 nitrogen and oxygen atoms in total. The minimum absolute atomic E-state index is 0.157. The Kier molecular flexibility index (Phi) is 29.0. The topological polar surface area (TPSA) is 80.4 Å². The van der Waals surface area contributed by atoms with Gasteiger partial charge in [0.25, 0.3) is 0 Å². The van der Waals surface area contributed by atoms with Gasteiger partial charge in [-0.1, -0.05) is 129 Å². The lowest BCUT2D eigenvalue weighted by atomic mass is 10.1. The number of rotatable bonds is 22. The molecule has 0 aliphatic carbocycles. The molecule has 1 amide bonds. The number of primary amides is 1. The molecule has 0 bridgehead atoms. The van der Waals surface area contributed by atoms with Crippen LogP contribution in [0.5, 0.6) is 0 Å². The average Bonchev–Trinajstić information content (AvgIpc) is 2.71. The van der Waals surface area contributed by atoms with Gasteiger partial charge in [0.2, 0.25) is 5.91 Å². The number of carbonyl (C=O) groups excluding carboxylic acids is 1. The van der Waals surface area contributed by atoms with E-state index < -0.39 is 5.97 Å². The molecule has 0 aliphatic rings. The SMILES string of the molecule is CCCCCCCCCCCC(=O)O.CCCCCCCCCCCCCC(N)=O. The quantitative estimate of drug-likeness (QED) is 0.171. The highest BCUT2D eigenvalue weighted by Crippen LogP contribution is 2.12. The number of hydrogen-bond donors (Lipinski definition) is 2. The van der Waals surface area contributed by atoms with Crippen molar-refractivity contribution in [2.75, 3.05) is 0 Å². The Morgan fingerprint density at radius 3 is 1.03 bits per heavy atom. The number of carboxylic acids is 1. The maximum atomic E-state index is 10.5. The van der Waals surface area contributed by atoms with E-state index in [1.54, 1.807) is 0 Å². The van der Waals surface area contributed by atoms with Crippen LogP contribution in [0.4, 0.5) is 0 Å². The van der Waals surface area contributed by atoms with Crippen LogP contribution in [-0.4, -0.2) is 17.0 Å². The number of hydrogen-bond acceptors (Lipinski definition) is 2. The molecule has 0 aromatic rings. The van der Waals surface area contributed by atoms with Crippen LogP contribution < -0.4 is 5.73 Å². The number of carboxylic acid groups (broad SMARTS) is 1. The zero-order valence-electron chi connectivity index (χ0n) is 20.4. The van der Waals surface area contributed by atoms with Crippen LogP contribution in [0.1, 0.15) is 155 Å². The lowest BCUT2D eigenvalue weighted by Gasteiger charge is -2.01. The van der Waals surface area contributed by atoms with Gasteiger partial charge in [-0.25, -0.2) is 0 Å². The van der Waals surface area contributed by atoms with E-state index in [-0.39, 0.29) is 5.91 Å². The van der Waals surface area contributed by atoms with Crippen LogP contribution in [-0.2, 0) is 9.59 Å². The molecule has 0 saturated heterocycles. The van der Waals surface area contributed by atoms with Crippen molar-refractivity contribution in [1.29, 1.82) is 0 Å². The molecule has 4 heteroatoms. The summed E-state index contributed by atoms with van der Waals surface area (Å²) in [5.41, 5.74) is 5.07. The highest BCUT2D eigenvalue weighted by atomic mass is 16.4. The van der Waals surface area contributed by atoms with Crippen molar-refractivity contribution in [3.05, 3.63) is 0 Å². The number of aliphatic carboxylic acids is 1. The molecule has 3 N–H and O–H groups in total. The first-order valence-corrected chi connectivity index (χ1v) is 13.0. The highest BCUT2D eigenvalue weighted by Gasteiger charge is 1.97. The van der Waals surface area contributed by atoms with Crippen LogP contribution in [0, 0.1) is 0 Å². The molecule has 180 valence electrons. The Hall–Kier alpha value is -1.06. The maximum Gasteiger partial charge on any atom is 0.303 e. The summed E-state index contributed by atoms with van der Waals surface area (Å²) in [7, 11) is 0.